The minimum absolute atomic E-state index is 0.201. The Hall–Kier alpha value is -1.11. The van der Waals surface area contributed by atoms with Crippen LogP contribution in [0, 0.1) is 6.92 Å². The zero-order valence-electron chi connectivity index (χ0n) is 9.46. The van der Waals surface area contributed by atoms with Crippen LogP contribution in [0.15, 0.2) is 24.3 Å². The summed E-state index contributed by atoms with van der Waals surface area (Å²) >= 11 is 0. The first kappa shape index (κ1) is 12.0. The molecule has 0 N–H and O–H groups in total. The van der Waals surface area contributed by atoms with Gasteiger partial charge in [0.2, 0.25) is 0 Å². The molecule has 1 aromatic carbocycles. The largest absolute Gasteiger partial charge is 0.294 e. The highest BCUT2D eigenvalue weighted by Gasteiger charge is 2.03. The number of rotatable bonds is 6. The molecule has 0 aromatic heterocycles. The molecule has 1 heteroatoms. The summed E-state index contributed by atoms with van der Waals surface area (Å²) in [4.78, 5) is 11.5. The molecule has 81 valence electrons. The molecular weight excluding hydrogens is 184 g/mol. The summed E-state index contributed by atoms with van der Waals surface area (Å²) in [6.07, 6.45) is 4.76. The van der Waals surface area contributed by atoms with Crippen LogP contribution in [0.2, 0.25) is 0 Å². The van der Waals surface area contributed by atoms with Gasteiger partial charge in [-0.1, -0.05) is 44.5 Å². The molecule has 1 radical (unpaired) electrons. The van der Waals surface area contributed by atoms with E-state index in [-0.39, 0.29) is 5.78 Å². The van der Waals surface area contributed by atoms with E-state index in [2.05, 4.69) is 26.0 Å². The van der Waals surface area contributed by atoms with Crippen LogP contribution in [0.4, 0.5) is 0 Å². The maximum Gasteiger partial charge on any atom is 0.162 e. The summed E-state index contributed by atoms with van der Waals surface area (Å²) in [5.41, 5.74) is 2.14. The quantitative estimate of drug-likeness (QED) is 0.642. The van der Waals surface area contributed by atoms with E-state index in [4.69, 9.17) is 0 Å². The lowest BCUT2D eigenvalue weighted by Crippen LogP contribution is -1.98. The Bertz CT molecular complexity index is 298. The third-order valence-electron chi connectivity index (χ3n) is 2.50. The zero-order chi connectivity index (χ0) is 11.1. The average Bonchev–Trinajstić information content (AvgIpc) is 2.27. The van der Waals surface area contributed by atoms with E-state index in [0.717, 1.165) is 12.0 Å². The molecule has 0 amide bonds. The molecule has 0 saturated carbocycles. The first-order valence-electron chi connectivity index (χ1n) is 5.69. The van der Waals surface area contributed by atoms with Gasteiger partial charge < -0.3 is 0 Å². The second-order valence-corrected chi connectivity index (χ2v) is 3.83. The predicted octanol–water partition coefficient (Wildman–Crippen LogP) is 3.83. The van der Waals surface area contributed by atoms with Crippen LogP contribution < -0.4 is 0 Å². The van der Waals surface area contributed by atoms with Gasteiger partial charge in [-0.05, 0) is 24.8 Å². The van der Waals surface area contributed by atoms with Crippen LogP contribution in [-0.2, 0) is 6.42 Å². The van der Waals surface area contributed by atoms with Crippen molar-refractivity contribution in [2.45, 2.75) is 39.0 Å². The standard InChI is InChI=1S/C14H19O/c1-3-5-7-12-8-10-13(11-9-12)14(15)6-4-2/h8-11H,2-7H2,1H3. The third kappa shape index (κ3) is 3.86. The van der Waals surface area contributed by atoms with Crippen molar-refractivity contribution in [1.29, 1.82) is 0 Å². The molecule has 1 aromatic rings. The van der Waals surface area contributed by atoms with E-state index >= 15 is 0 Å². The van der Waals surface area contributed by atoms with Crippen LogP contribution in [0.3, 0.4) is 0 Å². The van der Waals surface area contributed by atoms with Gasteiger partial charge in [-0.2, -0.15) is 0 Å². The van der Waals surface area contributed by atoms with Crippen LogP contribution >= 0.6 is 0 Å². The van der Waals surface area contributed by atoms with Crippen molar-refractivity contribution < 1.29 is 4.79 Å². The molecule has 0 spiro atoms. The van der Waals surface area contributed by atoms with Crippen molar-refractivity contribution in [2.24, 2.45) is 0 Å². The van der Waals surface area contributed by atoms with E-state index in [1.165, 1.54) is 18.4 Å². The molecule has 0 aliphatic carbocycles. The van der Waals surface area contributed by atoms with Crippen LogP contribution in [-0.4, -0.2) is 5.78 Å². The molecule has 0 aliphatic heterocycles. The summed E-state index contributed by atoms with van der Waals surface area (Å²) in [5, 5.41) is 0. The monoisotopic (exact) mass is 203 g/mol. The molecule has 15 heavy (non-hydrogen) atoms. The Morgan fingerprint density at radius 3 is 2.47 bits per heavy atom. The number of aryl methyl sites for hydroxylation is 1. The Morgan fingerprint density at radius 1 is 1.27 bits per heavy atom. The van der Waals surface area contributed by atoms with E-state index in [9.17, 15) is 4.79 Å². The van der Waals surface area contributed by atoms with E-state index in [1.807, 2.05) is 12.1 Å². The summed E-state index contributed by atoms with van der Waals surface area (Å²) in [6.45, 7) is 5.88. The number of unbranched alkanes of at least 4 members (excludes halogenated alkanes) is 1. The molecule has 0 saturated heterocycles. The zero-order valence-corrected chi connectivity index (χ0v) is 9.46. The van der Waals surface area contributed by atoms with Crippen molar-refractivity contribution in [1.82, 2.24) is 0 Å². The lowest BCUT2D eigenvalue weighted by molar-refractivity contribution is 0.0983. The van der Waals surface area contributed by atoms with Gasteiger partial charge >= 0.3 is 0 Å². The smallest absolute Gasteiger partial charge is 0.162 e. The molecule has 1 nitrogen and oxygen atoms in total. The lowest BCUT2D eigenvalue weighted by atomic mass is 10.0. The van der Waals surface area contributed by atoms with Crippen molar-refractivity contribution in [3.8, 4) is 0 Å². The molecule has 0 fully saturated rings. The SMILES string of the molecule is [CH2]CCC(=O)c1ccc(CCCC)cc1. The molecule has 0 bridgehead atoms. The highest BCUT2D eigenvalue weighted by atomic mass is 16.1. The van der Waals surface area contributed by atoms with Crippen molar-refractivity contribution in [2.75, 3.05) is 0 Å². The van der Waals surface area contributed by atoms with Crippen LogP contribution in [0.5, 0.6) is 0 Å². The second-order valence-electron chi connectivity index (χ2n) is 3.83. The number of carbonyl (C=O) groups excluding carboxylic acids is 1. The molecule has 0 heterocycles. The minimum Gasteiger partial charge on any atom is -0.294 e. The van der Waals surface area contributed by atoms with Crippen LogP contribution in [0.1, 0.15) is 48.5 Å². The Labute approximate surface area is 92.5 Å². The first-order valence-corrected chi connectivity index (χ1v) is 5.69. The molecular formula is C14H19O. The summed E-state index contributed by atoms with van der Waals surface area (Å²) in [5.74, 6) is 0.201. The maximum absolute atomic E-state index is 11.5. The Morgan fingerprint density at radius 2 is 1.93 bits per heavy atom. The van der Waals surface area contributed by atoms with Gasteiger partial charge in [-0.3, -0.25) is 4.79 Å². The van der Waals surface area contributed by atoms with Gasteiger partial charge in [0, 0.05) is 12.0 Å². The van der Waals surface area contributed by atoms with E-state index < -0.39 is 0 Å². The van der Waals surface area contributed by atoms with Crippen LogP contribution in [0.25, 0.3) is 0 Å². The Balaban J connectivity index is 2.59. The summed E-state index contributed by atoms with van der Waals surface area (Å²) < 4.78 is 0. The fourth-order valence-electron chi connectivity index (χ4n) is 1.54. The van der Waals surface area contributed by atoms with Gasteiger partial charge in [0.05, 0.1) is 0 Å². The normalized spacial score (nSPS) is 10.3. The third-order valence-corrected chi connectivity index (χ3v) is 2.50. The van der Waals surface area contributed by atoms with Gasteiger partial charge in [0.25, 0.3) is 0 Å². The first-order chi connectivity index (χ1) is 7.27. The second kappa shape index (κ2) is 6.39. The Kier molecular flexibility index (Phi) is 5.09. The topological polar surface area (TPSA) is 17.1 Å². The minimum atomic E-state index is 0.201. The lowest BCUT2D eigenvalue weighted by Gasteiger charge is -2.02. The number of benzene rings is 1. The van der Waals surface area contributed by atoms with E-state index in [0.29, 0.717) is 12.8 Å². The van der Waals surface area contributed by atoms with Crippen molar-refractivity contribution in [3.63, 3.8) is 0 Å². The number of carbonyl (C=O) groups is 1. The maximum atomic E-state index is 11.5. The van der Waals surface area contributed by atoms with Gasteiger partial charge in [-0.15, -0.1) is 0 Å². The number of ketones is 1. The fourth-order valence-corrected chi connectivity index (χ4v) is 1.54. The highest BCUT2D eigenvalue weighted by molar-refractivity contribution is 5.96. The fraction of sp³-hybridized carbons (Fsp3) is 0.429. The molecule has 0 aliphatic rings. The number of Topliss-reactive ketones (excluding diaryl/α,β-unsaturated/α-hetero) is 1. The highest BCUT2D eigenvalue weighted by Crippen LogP contribution is 2.10. The average molecular weight is 203 g/mol. The van der Waals surface area contributed by atoms with Gasteiger partial charge in [-0.25, -0.2) is 0 Å². The molecule has 0 atom stereocenters. The van der Waals surface area contributed by atoms with Gasteiger partial charge in [0.1, 0.15) is 0 Å². The summed E-state index contributed by atoms with van der Waals surface area (Å²) in [7, 11) is 0. The van der Waals surface area contributed by atoms with Crippen molar-refractivity contribution >= 4 is 5.78 Å². The summed E-state index contributed by atoms with van der Waals surface area (Å²) in [6, 6.07) is 7.99. The van der Waals surface area contributed by atoms with E-state index in [1.54, 1.807) is 0 Å². The molecule has 0 unspecified atom stereocenters. The molecule has 1 rings (SSSR count). The van der Waals surface area contributed by atoms with Crippen molar-refractivity contribution in [3.05, 3.63) is 42.3 Å². The predicted molar refractivity (Wildman–Crippen MR) is 64.0 cm³/mol. The number of hydrogen-bond donors (Lipinski definition) is 0. The van der Waals surface area contributed by atoms with Gasteiger partial charge in [0.15, 0.2) is 5.78 Å². The number of hydrogen-bond acceptors (Lipinski definition) is 1.